The standard InChI is InChI=1S/C18H27ClN4O3/c1-13(2)16(23-7-9-26-10-8-23)11-20-18(25)21-12-17(24)22-15-5-3-14(19)4-6-15/h3-6,13,16H,7-12H2,1-2H3,(H,22,24)(H2,20,21,25). The lowest BCUT2D eigenvalue weighted by atomic mass is 10.0. The number of carbonyl (C=O) groups excluding carboxylic acids is 2. The van der Waals surface area contributed by atoms with E-state index in [0.29, 0.717) is 23.2 Å². The van der Waals surface area contributed by atoms with Gasteiger partial charge in [-0.1, -0.05) is 25.4 Å². The summed E-state index contributed by atoms with van der Waals surface area (Å²) in [6, 6.07) is 6.68. The van der Waals surface area contributed by atoms with Crippen molar-refractivity contribution in [2.75, 3.05) is 44.7 Å². The quantitative estimate of drug-likeness (QED) is 0.673. The van der Waals surface area contributed by atoms with Gasteiger partial charge in [0.15, 0.2) is 0 Å². The molecule has 0 bridgehead atoms. The predicted molar refractivity (Wildman–Crippen MR) is 103 cm³/mol. The van der Waals surface area contributed by atoms with Crippen molar-refractivity contribution in [1.82, 2.24) is 15.5 Å². The van der Waals surface area contributed by atoms with Gasteiger partial charge in [-0.15, -0.1) is 0 Å². The third-order valence-electron chi connectivity index (χ3n) is 4.29. The van der Waals surface area contributed by atoms with E-state index in [0.717, 1.165) is 26.3 Å². The molecule has 8 heteroatoms. The van der Waals surface area contributed by atoms with Crippen molar-refractivity contribution >= 4 is 29.2 Å². The molecule has 1 unspecified atom stereocenters. The van der Waals surface area contributed by atoms with Gasteiger partial charge < -0.3 is 20.7 Å². The average molecular weight is 383 g/mol. The molecule has 26 heavy (non-hydrogen) atoms. The Bertz CT molecular complexity index is 589. The van der Waals surface area contributed by atoms with Gasteiger partial charge in [-0.2, -0.15) is 0 Å². The van der Waals surface area contributed by atoms with E-state index in [1.807, 2.05) is 0 Å². The van der Waals surface area contributed by atoms with E-state index in [4.69, 9.17) is 16.3 Å². The topological polar surface area (TPSA) is 82.7 Å². The van der Waals surface area contributed by atoms with Crippen molar-refractivity contribution in [2.45, 2.75) is 19.9 Å². The number of hydrogen-bond donors (Lipinski definition) is 3. The van der Waals surface area contributed by atoms with Crippen LogP contribution in [0.2, 0.25) is 5.02 Å². The Balaban J connectivity index is 1.71. The van der Waals surface area contributed by atoms with Crippen molar-refractivity contribution in [1.29, 1.82) is 0 Å². The highest BCUT2D eigenvalue weighted by atomic mass is 35.5. The van der Waals surface area contributed by atoms with Crippen LogP contribution < -0.4 is 16.0 Å². The number of rotatable bonds is 7. The molecule has 7 nitrogen and oxygen atoms in total. The monoisotopic (exact) mass is 382 g/mol. The van der Waals surface area contributed by atoms with Gasteiger partial charge in [-0.3, -0.25) is 9.69 Å². The number of hydrogen-bond acceptors (Lipinski definition) is 4. The third-order valence-corrected chi connectivity index (χ3v) is 4.55. The van der Waals surface area contributed by atoms with Crippen LogP contribution in [0.25, 0.3) is 0 Å². The van der Waals surface area contributed by atoms with Crippen LogP contribution in [0.4, 0.5) is 10.5 Å². The summed E-state index contributed by atoms with van der Waals surface area (Å²) < 4.78 is 5.38. The summed E-state index contributed by atoms with van der Waals surface area (Å²) in [5, 5.41) is 8.73. The van der Waals surface area contributed by atoms with Crippen LogP contribution in [0.1, 0.15) is 13.8 Å². The molecule has 0 spiro atoms. The molecule has 1 aromatic rings. The first-order chi connectivity index (χ1) is 12.5. The van der Waals surface area contributed by atoms with Crippen LogP contribution in [0.5, 0.6) is 0 Å². The summed E-state index contributed by atoms with van der Waals surface area (Å²) in [7, 11) is 0. The summed E-state index contributed by atoms with van der Waals surface area (Å²) in [5.41, 5.74) is 0.633. The molecule has 1 aliphatic heterocycles. The van der Waals surface area contributed by atoms with Gasteiger partial charge in [0.2, 0.25) is 5.91 Å². The van der Waals surface area contributed by atoms with Gasteiger partial charge >= 0.3 is 6.03 Å². The molecule has 0 aromatic heterocycles. The van der Waals surface area contributed by atoms with E-state index >= 15 is 0 Å². The lowest BCUT2D eigenvalue weighted by Gasteiger charge is -2.36. The number of nitrogens with zero attached hydrogens (tertiary/aromatic N) is 1. The minimum atomic E-state index is -0.352. The molecule has 1 fully saturated rings. The van der Waals surface area contributed by atoms with Gasteiger partial charge in [-0.05, 0) is 30.2 Å². The maximum Gasteiger partial charge on any atom is 0.315 e. The fourth-order valence-corrected chi connectivity index (χ4v) is 2.98. The van der Waals surface area contributed by atoms with Gasteiger partial charge in [0.1, 0.15) is 0 Å². The number of nitrogens with one attached hydrogen (secondary N) is 3. The molecule has 1 aliphatic rings. The molecule has 1 saturated heterocycles. The summed E-state index contributed by atoms with van der Waals surface area (Å²) in [6.07, 6.45) is 0. The molecule has 0 radical (unpaired) electrons. The Hall–Kier alpha value is -1.83. The Labute approximate surface area is 159 Å². The second-order valence-corrected chi connectivity index (χ2v) is 7.01. The zero-order valence-corrected chi connectivity index (χ0v) is 16.0. The van der Waals surface area contributed by atoms with E-state index in [1.54, 1.807) is 24.3 Å². The number of anilines is 1. The molecule has 1 atom stereocenters. The fourth-order valence-electron chi connectivity index (χ4n) is 2.85. The number of benzene rings is 1. The first kappa shape index (κ1) is 20.5. The second-order valence-electron chi connectivity index (χ2n) is 6.58. The lowest BCUT2D eigenvalue weighted by Crippen LogP contribution is -2.52. The Morgan fingerprint density at radius 1 is 1.15 bits per heavy atom. The Kier molecular flexibility index (Phi) is 8.15. The number of carbonyl (C=O) groups is 2. The maximum absolute atomic E-state index is 12.0. The second kappa shape index (κ2) is 10.4. The summed E-state index contributed by atoms with van der Waals surface area (Å²) in [4.78, 5) is 26.2. The van der Waals surface area contributed by atoms with Gasteiger partial charge in [0.05, 0.1) is 19.8 Å². The molecule has 3 amide bonds. The third kappa shape index (κ3) is 6.82. The molecule has 0 aliphatic carbocycles. The minimum Gasteiger partial charge on any atom is -0.379 e. The first-order valence-electron chi connectivity index (χ1n) is 8.84. The molecule has 1 aromatic carbocycles. The summed E-state index contributed by atoms with van der Waals surface area (Å²) >= 11 is 5.80. The van der Waals surface area contributed by atoms with Crippen LogP contribution in [-0.4, -0.2) is 62.3 Å². The smallest absolute Gasteiger partial charge is 0.315 e. The highest BCUT2D eigenvalue weighted by molar-refractivity contribution is 6.30. The van der Waals surface area contributed by atoms with Crippen molar-refractivity contribution in [3.63, 3.8) is 0 Å². The molecule has 1 heterocycles. The molecular formula is C18H27ClN4O3. The van der Waals surface area contributed by atoms with Gasteiger partial charge in [0.25, 0.3) is 0 Å². The molecule has 2 rings (SSSR count). The zero-order valence-electron chi connectivity index (χ0n) is 15.3. The highest BCUT2D eigenvalue weighted by Gasteiger charge is 2.24. The van der Waals surface area contributed by atoms with Crippen LogP contribution >= 0.6 is 11.6 Å². The Morgan fingerprint density at radius 3 is 2.42 bits per heavy atom. The maximum atomic E-state index is 12.0. The predicted octanol–water partition coefficient (Wildman–Crippen LogP) is 1.93. The number of urea groups is 1. The van der Waals surface area contributed by atoms with Gasteiger partial charge in [0, 0.05) is 36.4 Å². The SMILES string of the molecule is CC(C)C(CNC(=O)NCC(=O)Nc1ccc(Cl)cc1)N1CCOCC1. The van der Waals surface area contributed by atoms with Crippen LogP contribution in [0.15, 0.2) is 24.3 Å². The van der Waals surface area contributed by atoms with Crippen molar-refractivity contribution in [2.24, 2.45) is 5.92 Å². The number of amides is 3. The van der Waals surface area contributed by atoms with E-state index in [1.165, 1.54) is 0 Å². The number of morpholine rings is 1. The Morgan fingerprint density at radius 2 is 1.81 bits per heavy atom. The van der Waals surface area contributed by atoms with Crippen molar-refractivity contribution in [3.05, 3.63) is 29.3 Å². The van der Waals surface area contributed by atoms with Crippen LogP contribution in [0.3, 0.4) is 0 Å². The normalized spacial score (nSPS) is 16.2. The van der Waals surface area contributed by atoms with Gasteiger partial charge in [-0.25, -0.2) is 4.79 Å². The minimum absolute atomic E-state index is 0.0988. The largest absolute Gasteiger partial charge is 0.379 e. The van der Waals surface area contributed by atoms with E-state index in [-0.39, 0.29) is 24.5 Å². The molecular weight excluding hydrogens is 356 g/mol. The van der Waals surface area contributed by atoms with E-state index < -0.39 is 0 Å². The van der Waals surface area contributed by atoms with E-state index in [9.17, 15) is 9.59 Å². The summed E-state index contributed by atoms with van der Waals surface area (Å²) in [5.74, 6) is 0.109. The fraction of sp³-hybridized carbons (Fsp3) is 0.556. The molecule has 3 N–H and O–H groups in total. The highest BCUT2D eigenvalue weighted by Crippen LogP contribution is 2.13. The van der Waals surface area contributed by atoms with Crippen molar-refractivity contribution < 1.29 is 14.3 Å². The first-order valence-corrected chi connectivity index (χ1v) is 9.22. The summed E-state index contributed by atoms with van der Waals surface area (Å²) in [6.45, 7) is 7.89. The number of halogens is 1. The van der Waals surface area contributed by atoms with E-state index in [2.05, 4.69) is 34.7 Å². The van der Waals surface area contributed by atoms with Crippen LogP contribution in [0, 0.1) is 5.92 Å². The number of ether oxygens (including phenoxy) is 1. The molecule has 0 saturated carbocycles. The molecule has 144 valence electrons. The van der Waals surface area contributed by atoms with Crippen molar-refractivity contribution in [3.8, 4) is 0 Å². The average Bonchev–Trinajstić information content (AvgIpc) is 2.63. The lowest BCUT2D eigenvalue weighted by molar-refractivity contribution is -0.115. The zero-order chi connectivity index (χ0) is 18.9. The van der Waals surface area contributed by atoms with Crippen LogP contribution in [-0.2, 0) is 9.53 Å².